The second-order valence-corrected chi connectivity index (χ2v) is 6.59. The minimum Gasteiger partial charge on any atom is -0.447 e. The van der Waals surface area contributed by atoms with Gasteiger partial charge in [-0.15, -0.1) is 0 Å². The summed E-state index contributed by atoms with van der Waals surface area (Å²) >= 11 is 5.92. The first kappa shape index (κ1) is 19.2. The standard InChI is InChI=1S/C19H15ClF3NO3/c20-14-9-8-13(19(21,22)23)10-15(14)24-17(25)16(11-4-2-1-3-5-11)27-18(26)12-6-7-12/h1-5,8-10,12,16H,6-7H2,(H,24,25)/t16-/m1/s1. The predicted octanol–water partition coefficient (Wildman–Crippen LogP) is 4.99. The summed E-state index contributed by atoms with van der Waals surface area (Å²) in [5, 5.41) is 2.28. The van der Waals surface area contributed by atoms with Crippen molar-refractivity contribution in [2.24, 2.45) is 5.92 Å². The van der Waals surface area contributed by atoms with Crippen LogP contribution >= 0.6 is 11.6 Å². The highest BCUT2D eigenvalue weighted by Gasteiger charge is 2.36. The molecule has 0 unspecified atom stereocenters. The molecule has 0 radical (unpaired) electrons. The highest BCUT2D eigenvalue weighted by Crippen LogP contribution is 2.35. The number of amides is 1. The van der Waals surface area contributed by atoms with Crippen LogP contribution in [-0.4, -0.2) is 11.9 Å². The fourth-order valence-electron chi connectivity index (χ4n) is 2.43. The summed E-state index contributed by atoms with van der Waals surface area (Å²) in [6.07, 6.45) is -4.48. The summed E-state index contributed by atoms with van der Waals surface area (Å²) in [4.78, 5) is 24.7. The Labute approximate surface area is 158 Å². The van der Waals surface area contributed by atoms with Crippen molar-refractivity contribution in [3.05, 3.63) is 64.7 Å². The lowest BCUT2D eigenvalue weighted by molar-refractivity contribution is -0.156. The van der Waals surface area contributed by atoms with Crippen LogP contribution in [0.2, 0.25) is 5.02 Å². The van der Waals surface area contributed by atoms with E-state index in [2.05, 4.69) is 5.32 Å². The summed E-state index contributed by atoms with van der Waals surface area (Å²) < 4.78 is 44.0. The van der Waals surface area contributed by atoms with E-state index >= 15 is 0 Å². The summed E-state index contributed by atoms with van der Waals surface area (Å²) in [6.45, 7) is 0. The van der Waals surface area contributed by atoms with Gasteiger partial charge in [-0.3, -0.25) is 9.59 Å². The highest BCUT2D eigenvalue weighted by molar-refractivity contribution is 6.33. The Morgan fingerprint density at radius 2 is 1.78 bits per heavy atom. The number of anilines is 1. The number of rotatable bonds is 5. The van der Waals surface area contributed by atoms with Crippen LogP contribution in [0.15, 0.2) is 48.5 Å². The third-order valence-corrected chi connectivity index (χ3v) is 4.37. The molecule has 1 N–H and O–H groups in total. The van der Waals surface area contributed by atoms with Gasteiger partial charge in [-0.1, -0.05) is 41.9 Å². The first-order valence-corrected chi connectivity index (χ1v) is 8.56. The van der Waals surface area contributed by atoms with Gasteiger partial charge >= 0.3 is 12.1 Å². The molecule has 0 bridgehead atoms. The van der Waals surface area contributed by atoms with E-state index in [-0.39, 0.29) is 16.6 Å². The molecule has 27 heavy (non-hydrogen) atoms. The molecule has 0 heterocycles. The molecular weight excluding hydrogens is 383 g/mol. The molecule has 142 valence electrons. The van der Waals surface area contributed by atoms with Crippen LogP contribution < -0.4 is 5.32 Å². The topological polar surface area (TPSA) is 55.4 Å². The zero-order valence-corrected chi connectivity index (χ0v) is 14.7. The van der Waals surface area contributed by atoms with Crippen LogP contribution in [0.1, 0.15) is 30.1 Å². The van der Waals surface area contributed by atoms with Crippen molar-refractivity contribution in [3.63, 3.8) is 0 Å². The molecule has 1 aliphatic rings. The lowest BCUT2D eigenvalue weighted by Gasteiger charge is -2.19. The first-order chi connectivity index (χ1) is 12.8. The average molecular weight is 398 g/mol. The predicted molar refractivity (Wildman–Crippen MR) is 93.1 cm³/mol. The smallest absolute Gasteiger partial charge is 0.416 e. The number of halogens is 4. The van der Waals surface area contributed by atoms with Crippen molar-refractivity contribution >= 4 is 29.2 Å². The van der Waals surface area contributed by atoms with Gasteiger partial charge in [-0.25, -0.2) is 0 Å². The molecule has 4 nitrogen and oxygen atoms in total. The molecule has 0 aliphatic heterocycles. The minimum atomic E-state index is -4.58. The van der Waals surface area contributed by atoms with Gasteiger partial charge < -0.3 is 10.1 Å². The average Bonchev–Trinajstić information content (AvgIpc) is 3.46. The van der Waals surface area contributed by atoms with Crippen LogP contribution in [0.25, 0.3) is 0 Å². The second kappa shape index (κ2) is 7.60. The van der Waals surface area contributed by atoms with Gasteiger partial charge in [0, 0.05) is 5.56 Å². The van der Waals surface area contributed by atoms with E-state index < -0.39 is 29.7 Å². The molecule has 0 aromatic heterocycles. The van der Waals surface area contributed by atoms with Gasteiger partial charge in [-0.05, 0) is 31.0 Å². The number of benzene rings is 2. The molecule has 3 rings (SSSR count). The Kier molecular flexibility index (Phi) is 5.41. The minimum absolute atomic E-state index is 0.0586. The van der Waals surface area contributed by atoms with Crippen LogP contribution in [-0.2, 0) is 20.5 Å². The fraction of sp³-hybridized carbons (Fsp3) is 0.263. The molecule has 0 saturated heterocycles. The summed E-state index contributed by atoms with van der Waals surface area (Å²) in [6, 6.07) is 10.9. The molecule has 8 heteroatoms. The molecule has 1 aliphatic carbocycles. The highest BCUT2D eigenvalue weighted by atomic mass is 35.5. The SMILES string of the molecule is O=C(O[C@@H](C(=O)Nc1cc(C(F)(F)F)ccc1Cl)c1ccccc1)C1CC1. The number of ether oxygens (including phenoxy) is 1. The molecule has 1 fully saturated rings. The van der Waals surface area contributed by atoms with Crippen molar-refractivity contribution in [2.45, 2.75) is 25.1 Å². The van der Waals surface area contributed by atoms with E-state index in [0.717, 1.165) is 18.2 Å². The molecular formula is C19H15ClF3NO3. The van der Waals surface area contributed by atoms with Gasteiger partial charge in [0.1, 0.15) is 0 Å². The third kappa shape index (κ3) is 4.80. The maximum Gasteiger partial charge on any atom is 0.416 e. The zero-order chi connectivity index (χ0) is 19.6. The fourth-order valence-corrected chi connectivity index (χ4v) is 2.59. The van der Waals surface area contributed by atoms with Gasteiger partial charge in [0.25, 0.3) is 5.91 Å². The quantitative estimate of drug-likeness (QED) is 0.723. The number of hydrogen-bond acceptors (Lipinski definition) is 3. The van der Waals surface area contributed by atoms with E-state index in [4.69, 9.17) is 16.3 Å². The zero-order valence-electron chi connectivity index (χ0n) is 13.9. The van der Waals surface area contributed by atoms with Gasteiger partial charge in [-0.2, -0.15) is 13.2 Å². The van der Waals surface area contributed by atoms with Crippen molar-refractivity contribution < 1.29 is 27.5 Å². The van der Waals surface area contributed by atoms with Gasteiger partial charge in [0.2, 0.25) is 6.10 Å². The number of esters is 1. The van der Waals surface area contributed by atoms with Crippen molar-refractivity contribution in [2.75, 3.05) is 5.32 Å². The maximum absolute atomic E-state index is 12.9. The Morgan fingerprint density at radius 3 is 2.37 bits per heavy atom. The summed E-state index contributed by atoms with van der Waals surface area (Å²) in [5.41, 5.74) is -0.750. The molecule has 1 saturated carbocycles. The van der Waals surface area contributed by atoms with Crippen molar-refractivity contribution in [1.82, 2.24) is 0 Å². The monoisotopic (exact) mass is 397 g/mol. The number of carbonyl (C=O) groups excluding carboxylic acids is 2. The summed E-state index contributed by atoms with van der Waals surface area (Å²) in [7, 11) is 0. The normalized spacial score (nSPS) is 15.1. The number of alkyl halides is 3. The van der Waals surface area contributed by atoms with Crippen molar-refractivity contribution in [3.8, 4) is 0 Å². The van der Waals surface area contributed by atoms with Crippen LogP contribution in [0.5, 0.6) is 0 Å². The third-order valence-electron chi connectivity index (χ3n) is 4.04. The molecule has 2 aromatic rings. The van der Waals surface area contributed by atoms with E-state index in [1.807, 2.05) is 0 Å². The molecule has 1 atom stereocenters. The molecule has 2 aromatic carbocycles. The number of hydrogen-bond donors (Lipinski definition) is 1. The Morgan fingerprint density at radius 1 is 1.11 bits per heavy atom. The Balaban J connectivity index is 1.85. The van der Waals surface area contributed by atoms with E-state index in [0.29, 0.717) is 18.4 Å². The lowest BCUT2D eigenvalue weighted by atomic mass is 10.1. The Bertz CT molecular complexity index is 851. The van der Waals surface area contributed by atoms with Gasteiger partial charge in [0.05, 0.1) is 22.2 Å². The Hall–Kier alpha value is -2.54. The first-order valence-electron chi connectivity index (χ1n) is 8.19. The number of carbonyl (C=O) groups is 2. The van der Waals surface area contributed by atoms with Crippen molar-refractivity contribution in [1.29, 1.82) is 0 Å². The number of nitrogens with one attached hydrogen (secondary N) is 1. The van der Waals surface area contributed by atoms with Crippen LogP contribution in [0.3, 0.4) is 0 Å². The second-order valence-electron chi connectivity index (χ2n) is 6.18. The van der Waals surface area contributed by atoms with Crippen LogP contribution in [0, 0.1) is 5.92 Å². The maximum atomic E-state index is 12.9. The van der Waals surface area contributed by atoms with E-state index in [1.165, 1.54) is 0 Å². The van der Waals surface area contributed by atoms with Gasteiger partial charge in [0.15, 0.2) is 0 Å². The van der Waals surface area contributed by atoms with E-state index in [1.54, 1.807) is 30.3 Å². The summed E-state index contributed by atoms with van der Waals surface area (Å²) in [5.74, 6) is -1.52. The largest absolute Gasteiger partial charge is 0.447 e. The molecule has 1 amide bonds. The van der Waals surface area contributed by atoms with Crippen LogP contribution in [0.4, 0.5) is 18.9 Å². The van der Waals surface area contributed by atoms with E-state index in [9.17, 15) is 22.8 Å². The lowest BCUT2D eigenvalue weighted by Crippen LogP contribution is -2.26. The molecule has 0 spiro atoms.